The predicted octanol–water partition coefficient (Wildman–Crippen LogP) is 2.76. The Bertz CT molecular complexity index is 627. The van der Waals surface area contributed by atoms with Gasteiger partial charge in [0.25, 0.3) is 0 Å². The van der Waals surface area contributed by atoms with Crippen LogP contribution in [-0.2, 0) is 6.42 Å². The topological polar surface area (TPSA) is 50.9 Å². The molecule has 2 aromatic rings. The molecule has 1 heterocycles. The molecule has 2 unspecified atom stereocenters. The van der Waals surface area contributed by atoms with E-state index in [9.17, 15) is 4.39 Å². The first-order chi connectivity index (χ1) is 9.70. The molecule has 1 aliphatic rings. The molecule has 0 spiro atoms. The van der Waals surface area contributed by atoms with Gasteiger partial charge in [0, 0.05) is 23.4 Å². The van der Waals surface area contributed by atoms with Crippen LogP contribution in [0.15, 0.2) is 36.5 Å². The maximum Gasteiger partial charge on any atom is 0.128 e. The van der Waals surface area contributed by atoms with Crippen molar-refractivity contribution < 1.29 is 4.39 Å². The summed E-state index contributed by atoms with van der Waals surface area (Å²) in [6.45, 7) is 1.96. The maximum atomic E-state index is 14.1. The number of pyridine rings is 1. The van der Waals surface area contributed by atoms with Gasteiger partial charge in [-0.15, -0.1) is 0 Å². The van der Waals surface area contributed by atoms with Crippen molar-refractivity contribution in [2.45, 2.75) is 31.7 Å². The molecule has 0 fully saturated rings. The average Bonchev–Trinajstić information content (AvgIpc) is 2.88. The van der Waals surface area contributed by atoms with Crippen LogP contribution < -0.4 is 11.3 Å². The van der Waals surface area contributed by atoms with Crippen molar-refractivity contribution >= 4 is 0 Å². The molecule has 0 saturated heterocycles. The highest BCUT2D eigenvalue weighted by atomic mass is 19.1. The van der Waals surface area contributed by atoms with Crippen LogP contribution in [0.3, 0.4) is 0 Å². The Labute approximate surface area is 118 Å². The molecule has 20 heavy (non-hydrogen) atoms. The van der Waals surface area contributed by atoms with Crippen molar-refractivity contribution in [2.24, 2.45) is 5.84 Å². The number of fused-ring (bicyclic) bond motifs is 1. The molecule has 1 aromatic heterocycles. The zero-order valence-corrected chi connectivity index (χ0v) is 11.4. The highest BCUT2D eigenvalue weighted by Crippen LogP contribution is 2.40. The maximum absolute atomic E-state index is 14.1. The summed E-state index contributed by atoms with van der Waals surface area (Å²) in [4.78, 5) is 4.47. The first-order valence-electron chi connectivity index (χ1n) is 6.86. The molecule has 0 radical (unpaired) electrons. The number of hydrogen-bond donors (Lipinski definition) is 2. The zero-order chi connectivity index (χ0) is 14.1. The van der Waals surface area contributed by atoms with Crippen molar-refractivity contribution in [3.05, 3.63) is 64.7 Å². The summed E-state index contributed by atoms with van der Waals surface area (Å²) in [6, 6.07) is 8.92. The molecule has 104 valence electrons. The first kappa shape index (κ1) is 13.2. The minimum atomic E-state index is -0.244. The van der Waals surface area contributed by atoms with E-state index in [4.69, 9.17) is 5.84 Å². The molecule has 4 heteroatoms. The minimum Gasteiger partial charge on any atom is -0.271 e. The van der Waals surface area contributed by atoms with Gasteiger partial charge in [-0.05, 0) is 37.5 Å². The summed E-state index contributed by atoms with van der Waals surface area (Å²) in [5.74, 6) is 5.61. The first-order valence-corrected chi connectivity index (χ1v) is 6.86. The molecule has 0 saturated carbocycles. The number of hydrogen-bond acceptors (Lipinski definition) is 3. The van der Waals surface area contributed by atoms with Gasteiger partial charge in [0.05, 0.1) is 6.04 Å². The van der Waals surface area contributed by atoms with Crippen LogP contribution in [0, 0.1) is 12.7 Å². The fourth-order valence-electron chi connectivity index (χ4n) is 3.09. The fourth-order valence-corrected chi connectivity index (χ4v) is 3.09. The normalized spacial score (nSPS) is 18.9. The van der Waals surface area contributed by atoms with Gasteiger partial charge in [0.2, 0.25) is 0 Å². The Balaban J connectivity index is 2.01. The zero-order valence-electron chi connectivity index (χ0n) is 11.4. The lowest BCUT2D eigenvalue weighted by atomic mass is 9.90. The third-order valence-corrected chi connectivity index (χ3v) is 4.07. The molecule has 3 N–H and O–H groups in total. The van der Waals surface area contributed by atoms with Crippen molar-refractivity contribution in [3.8, 4) is 0 Å². The van der Waals surface area contributed by atoms with Gasteiger partial charge in [-0.1, -0.05) is 23.8 Å². The van der Waals surface area contributed by atoms with Crippen molar-refractivity contribution in [1.29, 1.82) is 0 Å². The van der Waals surface area contributed by atoms with E-state index in [2.05, 4.69) is 16.5 Å². The SMILES string of the molecule is Cc1ccc(F)c(C(NN)C2CCc3cccnc32)c1. The molecule has 3 rings (SSSR count). The van der Waals surface area contributed by atoms with E-state index >= 15 is 0 Å². The van der Waals surface area contributed by atoms with E-state index in [0.29, 0.717) is 5.56 Å². The number of aryl methyl sites for hydroxylation is 2. The van der Waals surface area contributed by atoms with E-state index in [0.717, 1.165) is 24.1 Å². The van der Waals surface area contributed by atoms with Crippen molar-refractivity contribution in [3.63, 3.8) is 0 Å². The fraction of sp³-hybridized carbons (Fsp3) is 0.312. The molecule has 1 aliphatic carbocycles. The molecular formula is C16H18FN3. The number of aromatic nitrogens is 1. The third-order valence-electron chi connectivity index (χ3n) is 4.07. The second-order valence-corrected chi connectivity index (χ2v) is 5.36. The lowest BCUT2D eigenvalue weighted by Crippen LogP contribution is -2.33. The van der Waals surface area contributed by atoms with Gasteiger partial charge in [0.15, 0.2) is 0 Å². The highest BCUT2D eigenvalue weighted by molar-refractivity contribution is 5.35. The Morgan fingerprint density at radius 1 is 1.40 bits per heavy atom. The summed E-state index contributed by atoms with van der Waals surface area (Å²) >= 11 is 0. The largest absolute Gasteiger partial charge is 0.271 e. The monoisotopic (exact) mass is 271 g/mol. The van der Waals surface area contributed by atoms with Gasteiger partial charge in [0.1, 0.15) is 5.82 Å². The lowest BCUT2D eigenvalue weighted by Gasteiger charge is -2.24. The van der Waals surface area contributed by atoms with Crippen LogP contribution in [0.2, 0.25) is 0 Å². The number of nitrogens with two attached hydrogens (primary N) is 1. The van der Waals surface area contributed by atoms with E-state index in [-0.39, 0.29) is 17.8 Å². The van der Waals surface area contributed by atoms with E-state index in [1.165, 1.54) is 11.6 Å². The van der Waals surface area contributed by atoms with E-state index in [1.54, 1.807) is 12.3 Å². The molecule has 1 aromatic carbocycles. The van der Waals surface area contributed by atoms with Crippen LogP contribution in [0.25, 0.3) is 0 Å². The summed E-state index contributed by atoms with van der Waals surface area (Å²) < 4.78 is 14.1. The Kier molecular flexibility index (Phi) is 3.51. The molecule has 3 nitrogen and oxygen atoms in total. The van der Waals surface area contributed by atoms with Crippen molar-refractivity contribution in [1.82, 2.24) is 10.4 Å². The van der Waals surface area contributed by atoms with Gasteiger partial charge in [-0.25, -0.2) is 4.39 Å². The van der Waals surface area contributed by atoms with Crippen LogP contribution in [0.4, 0.5) is 4.39 Å². The number of halogens is 1. The van der Waals surface area contributed by atoms with Gasteiger partial charge in [-0.2, -0.15) is 0 Å². The van der Waals surface area contributed by atoms with Crippen LogP contribution in [-0.4, -0.2) is 4.98 Å². The second-order valence-electron chi connectivity index (χ2n) is 5.36. The van der Waals surface area contributed by atoms with E-state index < -0.39 is 0 Å². The molecule has 0 aliphatic heterocycles. The molecule has 2 atom stereocenters. The average molecular weight is 271 g/mol. The third kappa shape index (κ3) is 2.21. The number of rotatable bonds is 3. The molecular weight excluding hydrogens is 253 g/mol. The Hall–Kier alpha value is -1.78. The van der Waals surface area contributed by atoms with Crippen LogP contribution >= 0.6 is 0 Å². The Morgan fingerprint density at radius 3 is 3.05 bits per heavy atom. The Morgan fingerprint density at radius 2 is 2.25 bits per heavy atom. The van der Waals surface area contributed by atoms with Gasteiger partial charge >= 0.3 is 0 Å². The molecule has 0 bridgehead atoms. The second kappa shape index (κ2) is 5.31. The summed E-state index contributed by atoms with van der Waals surface area (Å²) in [5, 5.41) is 0. The number of benzene rings is 1. The van der Waals surface area contributed by atoms with Crippen LogP contribution in [0.5, 0.6) is 0 Å². The number of nitrogens with zero attached hydrogens (tertiary/aromatic N) is 1. The smallest absolute Gasteiger partial charge is 0.128 e. The number of hydrazine groups is 1. The van der Waals surface area contributed by atoms with Crippen molar-refractivity contribution in [2.75, 3.05) is 0 Å². The van der Waals surface area contributed by atoms with E-state index in [1.807, 2.05) is 19.1 Å². The lowest BCUT2D eigenvalue weighted by molar-refractivity contribution is 0.428. The summed E-state index contributed by atoms with van der Waals surface area (Å²) in [6.07, 6.45) is 3.70. The predicted molar refractivity (Wildman–Crippen MR) is 76.5 cm³/mol. The van der Waals surface area contributed by atoms with Gasteiger partial charge < -0.3 is 0 Å². The van der Waals surface area contributed by atoms with Gasteiger partial charge in [-0.3, -0.25) is 16.3 Å². The quantitative estimate of drug-likeness (QED) is 0.666. The summed E-state index contributed by atoms with van der Waals surface area (Å²) in [5.41, 5.74) is 6.72. The van der Waals surface area contributed by atoms with Crippen LogP contribution in [0.1, 0.15) is 40.8 Å². The highest BCUT2D eigenvalue weighted by Gasteiger charge is 2.32. The number of nitrogens with one attached hydrogen (secondary N) is 1. The summed E-state index contributed by atoms with van der Waals surface area (Å²) in [7, 11) is 0. The standard InChI is InChI=1S/C16H18FN3/c1-10-4-7-14(17)13(9-10)16(20-18)12-6-5-11-3-2-8-19-15(11)12/h2-4,7-9,12,16,20H,5-6,18H2,1H3. The molecule has 0 amide bonds. The minimum absolute atomic E-state index is 0.118.